The second-order valence-corrected chi connectivity index (χ2v) is 11.9. The molecule has 0 bridgehead atoms. The first-order valence-corrected chi connectivity index (χ1v) is 15.1. The fourth-order valence-corrected chi connectivity index (χ4v) is 7.22. The Kier molecular flexibility index (Phi) is 7.12. The van der Waals surface area contributed by atoms with Crippen LogP contribution in [0.4, 0.5) is 19.0 Å². The molecule has 1 N–H and O–H groups in total. The van der Waals surface area contributed by atoms with Crippen molar-refractivity contribution < 1.29 is 23.0 Å². The van der Waals surface area contributed by atoms with E-state index in [0.29, 0.717) is 60.0 Å². The number of ether oxygens (including phenoxy) is 1. The number of phenols is 1. The van der Waals surface area contributed by atoms with E-state index in [9.17, 15) is 13.9 Å². The normalized spacial score (nSPS) is 22.4. The van der Waals surface area contributed by atoms with E-state index in [4.69, 9.17) is 9.72 Å². The minimum absolute atomic E-state index is 0.0281. The minimum Gasteiger partial charge on any atom is -0.508 e. The van der Waals surface area contributed by atoms with Gasteiger partial charge in [-0.3, -0.25) is 9.88 Å². The van der Waals surface area contributed by atoms with E-state index in [0.717, 1.165) is 32.2 Å². The van der Waals surface area contributed by atoms with E-state index in [1.807, 2.05) is 6.92 Å². The third-order valence-corrected chi connectivity index (χ3v) is 9.23. The topological polar surface area (TPSA) is 74.6 Å². The van der Waals surface area contributed by atoms with Gasteiger partial charge < -0.3 is 14.7 Å². The maximum atomic E-state index is 16.7. The Hall–Kier alpha value is -3.92. The summed E-state index contributed by atoms with van der Waals surface area (Å²) in [5.41, 5.74) is 0.282. The molecule has 4 aromatic rings. The van der Waals surface area contributed by atoms with Crippen molar-refractivity contribution in [1.82, 2.24) is 19.9 Å². The van der Waals surface area contributed by atoms with Crippen LogP contribution in [0.15, 0.2) is 42.6 Å². The number of aromatic hydroxyl groups is 1. The van der Waals surface area contributed by atoms with Gasteiger partial charge in [-0.15, -0.1) is 0 Å². The van der Waals surface area contributed by atoms with Crippen LogP contribution < -0.4 is 9.64 Å². The Morgan fingerprint density at radius 1 is 1.09 bits per heavy atom. The molecule has 43 heavy (non-hydrogen) atoms. The molecule has 0 aliphatic carbocycles. The van der Waals surface area contributed by atoms with Gasteiger partial charge in [0, 0.05) is 37.8 Å². The molecule has 2 aromatic heterocycles. The average Bonchev–Trinajstić information content (AvgIpc) is 3.37. The minimum atomic E-state index is -0.900. The summed E-state index contributed by atoms with van der Waals surface area (Å²) in [6.07, 6.45) is 9.09. The van der Waals surface area contributed by atoms with E-state index in [1.165, 1.54) is 18.2 Å². The maximum absolute atomic E-state index is 16.7. The summed E-state index contributed by atoms with van der Waals surface area (Å²) >= 11 is 0. The average molecular weight is 590 g/mol. The highest BCUT2D eigenvalue weighted by Crippen LogP contribution is 2.42. The first-order chi connectivity index (χ1) is 20.9. The van der Waals surface area contributed by atoms with Crippen LogP contribution in [-0.4, -0.2) is 69.5 Å². The highest BCUT2D eigenvalue weighted by molar-refractivity contribution is 6.01. The van der Waals surface area contributed by atoms with Crippen molar-refractivity contribution in [3.05, 3.63) is 59.8 Å². The predicted molar refractivity (Wildman–Crippen MR) is 160 cm³/mol. The molecule has 2 saturated heterocycles. The summed E-state index contributed by atoms with van der Waals surface area (Å²) in [5, 5.41) is 12.0. The van der Waals surface area contributed by atoms with Crippen LogP contribution in [-0.2, 0) is 6.42 Å². The zero-order valence-electron chi connectivity index (χ0n) is 24.1. The highest BCUT2D eigenvalue weighted by atomic mass is 19.1. The molecule has 7 rings (SSSR count). The van der Waals surface area contributed by atoms with Crippen molar-refractivity contribution in [3.8, 4) is 23.0 Å². The number of rotatable bonds is 6. The third-order valence-electron chi connectivity index (χ3n) is 9.23. The quantitative estimate of drug-likeness (QED) is 0.257. The van der Waals surface area contributed by atoms with Crippen molar-refractivity contribution in [2.24, 2.45) is 0 Å². The van der Waals surface area contributed by atoms with Gasteiger partial charge in [0.2, 0.25) is 0 Å². The summed E-state index contributed by atoms with van der Waals surface area (Å²) in [7, 11) is 0. The van der Waals surface area contributed by atoms with Crippen LogP contribution in [0.25, 0.3) is 32.9 Å². The summed E-state index contributed by atoms with van der Waals surface area (Å²) in [6, 6.07) is 5.91. The SMILES string of the molecule is CCc1c(F)ccc2cc(O)cc(-c3ncc4c(N5CCC=CCC5)nc(OC[C@@]56CCCN5C[C@H](F)C6)nc4c3F)c12. The largest absolute Gasteiger partial charge is 0.508 e. The molecule has 3 aliphatic rings. The lowest BCUT2D eigenvalue weighted by molar-refractivity contribution is 0.107. The second kappa shape index (κ2) is 11.0. The van der Waals surface area contributed by atoms with Gasteiger partial charge in [-0.25, -0.2) is 13.2 Å². The lowest BCUT2D eigenvalue weighted by atomic mass is 9.94. The van der Waals surface area contributed by atoms with Crippen molar-refractivity contribution in [1.29, 1.82) is 0 Å². The molecule has 2 aromatic carbocycles. The number of aryl methyl sites for hydroxylation is 1. The van der Waals surface area contributed by atoms with Crippen LogP contribution in [0, 0.1) is 11.6 Å². The summed E-state index contributed by atoms with van der Waals surface area (Å²) in [6.45, 7) is 4.65. The second-order valence-electron chi connectivity index (χ2n) is 11.9. The van der Waals surface area contributed by atoms with Gasteiger partial charge in [0.25, 0.3) is 0 Å². The van der Waals surface area contributed by atoms with Crippen molar-refractivity contribution in [3.63, 3.8) is 0 Å². The molecule has 0 radical (unpaired) electrons. The first-order valence-electron chi connectivity index (χ1n) is 15.1. The highest BCUT2D eigenvalue weighted by Gasteiger charge is 2.49. The number of aromatic nitrogens is 3. The van der Waals surface area contributed by atoms with Gasteiger partial charge in [0.15, 0.2) is 5.82 Å². The molecule has 2 fully saturated rings. The molecular formula is C33H34F3N5O2. The Labute approximate surface area is 248 Å². The fraction of sp³-hybridized carbons (Fsp3) is 0.424. The lowest BCUT2D eigenvalue weighted by Crippen LogP contribution is -2.43. The van der Waals surface area contributed by atoms with Gasteiger partial charge in [-0.1, -0.05) is 25.1 Å². The number of pyridine rings is 1. The lowest BCUT2D eigenvalue weighted by Gasteiger charge is -2.31. The van der Waals surface area contributed by atoms with Gasteiger partial charge in [-0.2, -0.15) is 9.97 Å². The number of halogens is 3. The van der Waals surface area contributed by atoms with Crippen molar-refractivity contribution in [2.45, 2.75) is 57.2 Å². The van der Waals surface area contributed by atoms with Crippen molar-refractivity contribution >= 4 is 27.5 Å². The monoisotopic (exact) mass is 589 g/mol. The number of benzene rings is 2. The van der Waals surface area contributed by atoms with Gasteiger partial charge in [0.05, 0.1) is 10.9 Å². The predicted octanol–water partition coefficient (Wildman–Crippen LogP) is 6.50. The molecule has 0 saturated carbocycles. The molecule has 2 atom stereocenters. The van der Waals surface area contributed by atoms with E-state index in [1.54, 1.807) is 12.3 Å². The molecule has 5 heterocycles. The summed E-state index contributed by atoms with van der Waals surface area (Å²) in [5.74, 6) is -0.660. The van der Waals surface area contributed by atoms with E-state index in [-0.39, 0.29) is 35.1 Å². The van der Waals surface area contributed by atoms with Gasteiger partial charge in [-0.05, 0) is 73.2 Å². The Bertz CT molecular complexity index is 1740. The molecule has 224 valence electrons. The van der Waals surface area contributed by atoms with Gasteiger partial charge >= 0.3 is 6.01 Å². The summed E-state index contributed by atoms with van der Waals surface area (Å²) in [4.78, 5) is 18.1. The van der Waals surface area contributed by atoms with E-state index >= 15 is 4.39 Å². The van der Waals surface area contributed by atoms with Crippen LogP contribution in [0.1, 0.15) is 44.6 Å². The zero-order valence-corrected chi connectivity index (χ0v) is 24.1. The Morgan fingerprint density at radius 3 is 2.70 bits per heavy atom. The van der Waals surface area contributed by atoms with Crippen LogP contribution in [0.3, 0.4) is 0 Å². The van der Waals surface area contributed by atoms with E-state index < -0.39 is 23.3 Å². The third kappa shape index (κ3) is 4.85. The number of hydrogen-bond acceptors (Lipinski definition) is 7. The summed E-state index contributed by atoms with van der Waals surface area (Å²) < 4.78 is 52.2. The molecule has 0 unspecified atom stereocenters. The molecule has 3 aliphatic heterocycles. The zero-order chi connectivity index (χ0) is 29.7. The van der Waals surface area contributed by atoms with Crippen LogP contribution in [0.5, 0.6) is 11.8 Å². The molecule has 0 spiro atoms. The van der Waals surface area contributed by atoms with Crippen LogP contribution >= 0.6 is 0 Å². The maximum Gasteiger partial charge on any atom is 0.319 e. The Morgan fingerprint density at radius 2 is 1.91 bits per heavy atom. The standard InChI is InChI=1S/C33H34F3N5O2/c1-2-23-26(35)9-8-20-14-22(42)15-24(27(20)23)29-28(36)30-25(17-37-29)31(40-11-5-3-4-6-12-40)39-32(38-30)43-19-33-10-7-13-41(33)18-21(34)16-33/h3-4,8-9,14-15,17,21,42H,2,5-7,10-13,16,18-19H2,1H3/t21-,33+/m1/s1. The Balaban J connectivity index is 1.37. The number of nitrogens with zero attached hydrogens (tertiary/aromatic N) is 5. The first kappa shape index (κ1) is 27.9. The van der Waals surface area contributed by atoms with Gasteiger partial charge in [0.1, 0.15) is 41.4 Å². The molecule has 10 heteroatoms. The number of alkyl halides is 1. The molecule has 7 nitrogen and oxygen atoms in total. The fourth-order valence-electron chi connectivity index (χ4n) is 7.22. The molecular weight excluding hydrogens is 555 g/mol. The molecule has 0 amide bonds. The number of hydrogen-bond donors (Lipinski definition) is 1. The number of anilines is 1. The number of fused-ring (bicyclic) bond motifs is 3. The smallest absolute Gasteiger partial charge is 0.319 e. The van der Waals surface area contributed by atoms with Crippen LogP contribution in [0.2, 0.25) is 0 Å². The van der Waals surface area contributed by atoms with E-state index in [2.05, 4.69) is 31.9 Å². The number of phenolic OH excluding ortho intramolecular Hbond substituents is 1. The van der Waals surface area contributed by atoms with Crippen molar-refractivity contribution in [2.75, 3.05) is 37.7 Å².